The summed E-state index contributed by atoms with van der Waals surface area (Å²) in [6, 6.07) is 11.2. The number of aryl methyl sites for hydroxylation is 1. The van der Waals surface area contributed by atoms with Crippen LogP contribution < -0.4 is 0 Å². The first-order valence-electron chi connectivity index (χ1n) is 7.83. The smallest absolute Gasteiger partial charge is 0.258 e. The van der Waals surface area contributed by atoms with Gasteiger partial charge in [0, 0.05) is 18.8 Å². The van der Waals surface area contributed by atoms with E-state index in [4.69, 9.17) is 0 Å². The maximum absolute atomic E-state index is 13.5. The summed E-state index contributed by atoms with van der Waals surface area (Å²) in [6.45, 7) is 0. The molecule has 1 amide bonds. The second kappa shape index (κ2) is 7.33. The number of hydrogen-bond acceptors (Lipinski definition) is 4. The third-order valence-electron chi connectivity index (χ3n) is 4.13. The lowest BCUT2D eigenvalue weighted by Crippen LogP contribution is -2.42. The molecule has 0 aliphatic rings. The van der Waals surface area contributed by atoms with E-state index in [0.29, 0.717) is 12.1 Å². The molecule has 0 N–H and O–H groups in total. The monoisotopic (exact) mass is 345 g/mol. The van der Waals surface area contributed by atoms with Crippen LogP contribution in [0.3, 0.4) is 0 Å². The van der Waals surface area contributed by atoms with Crippen LogP contribution in [0.25, 0.3) is 5.65 Å². The lowest BCUT2D eigenvalue weighted by Gasteiger charge is -2.27. The van der Waals surface area contributed by atoms with Gasteiger partial charge in [-0.3, -0.25) is 4.79 Å². The van der Waals surface area contributed by atoms with Crippen LogP contribution in [0.15, 0.2) is 48.7 Å². The van der Waals surface area contributed by atoms with Crippen molar-refractivity contribution in [1.82, 2.24) is 24.9 Å². The van der Waals surface area contributed by atoms with Crippen molar-refractivity contribution in [3.05, 3.63) is 59.8 Å². The van der Waals surface area contributed by atoms with Gasteiger partial charge < -0.3 is 4.90 Å². The van der Waals surface area contributed by atoms with Crippen molar-refractivity contribution < 1.29 is 13.6 Å². The highest BCUT2D eigenvalue weighted by atomic mass is 19.3. The maximum atomic E-state index is 13.5. The predicted octanol–water partition coefficient (Wildman–Crippen LogP) is 2.46. The van der Waals surface area contributed by atoms with E-state index in [-0.39, 0.29) is 12.0 Å². The van der Waals surface area contributed by atoms with E-state index >= 15 is 0 Å². The summed E-state index contributed by atoms with van der Waals surface area (Å²) in [5.41, 5.74) is 1.62. The van der Waals surface area contributed by atoms with Crippen molar-refractivity contribution >= 4 is 11.6 Å². The third-order valence-corrected chi connectivity index (χ3v) is 4.13. The van der Waals surface area contributed by atoms with Crippen LogP contribution in [0.1, 0.15) is 22.3 Å². The van der Waals surface area contributed by atoms with Gasteiger partial charge in [0.25, 0.3) is 12.3 Å². The minimum atomic E-state index is -2.63. The molecule has 3 rings (SSSR count). The molecule has 0 saturated carbocycles. The number of carbonyl (C=O) groups excluding carboxylic acids is 1. The van der Waals surface area contributed by atoms with E-state index < -0.39 is 18.4 Å². The number of nitrogens with zero attached hydrogens (tertiary/aromatic N) is 5. The number of amides is 1. The molecule has 0 bridgehead atoms. The molecule has 1 unspecified atom stereocenters. The van der Waals surface area contributed by atoms with E-state index in [1.807, 2.05) is 30.3 Å². The zero-order valence-electron chi connectivity index (χ0n) is 13.6. The minimum Gasteiger partial charge on any atom is -0.333 e. The van der Waals surface area contributed by atoms with Gasteiger partial charge in [-0.15, -0.1) is 5.10 Å². The summed E-state index contributed by atoms with van der Waals surface area (Å²) in [5.74, 6) is -0.483. The number of fused-ring (bicyclic) bond motifs is 1. The van der Waals surface area contributed by atoms with Crippen molar-refractivity contribution in [3.8, 4) is 0 Å². The summed E-state index contributed by atoms with van der Waals surface area (Å²) in [6.07, 6.45) is -0.451. The van der Waals surface area contributed by atoms with Gasteiger partial charge in [-0.2, -0.15) is 0 Å². The number of aromatic nitrogens is 4. The molecule has 0 aliphatic carbocycles. The Hall–Kier alpha value is -2.90. The Bertz CT molecular complexity index is 852. The Morgan fingerprint density at radius 2 is 2.00 bits per heavy atom. The zero-order chi connectivity index (χ0) is 17.8. The molecule has 2 aromatic heterocycles. The van der Waals surface area contributed by atoms with Gasteiger partial charge >= 0.3 is 0 Å². The van der Waals surface area contributed by atoms with Crippen LogP contribution in [0.5, 0.6) is 0 Å². The van der Waals surface area contributed by atoms with Gasteiger partial charge in [-0.25, -0.2) is 13.3 Å². The average Bonchev–Trinajstić information content (AvgIpc) is 3.09. The number of halogens is 2. The molecular weight excluding hydrogens is 328 g/mol. The van der Waals surface area contributed by atoms with Crippen LogP contribution in [-0.2, 0) is 6.42 Å². The van der Waals surface area contributed by atoms with Crippen molar-refractivity contribution in [1.29, 1.82) is 0 Å². The molecule has 0 spiro atoms. The van der Waals surface area contributed by atoms with Gasteiger partial charge in [0.2, 0.25) is 0 Å². The van der Waals surface area contributed by atoms with Crippen molar-refractivity contribution in [3.63, 3.8) is 0 Å². The highest BCUT2D eigenvalue weighted by molar-refractivity contribution is 5.95. The van der Waals surface area contributed by atoms with Crippen molar-refractivity contribution in [2.45, 2.75) is 25.3 Å². The topological polar surface area (TPSA) is 63.4 Å². The predicted molar refractivity (Wildman–Crippen MR) is 87.4 cm³/mol. The van der Waals surface area contributed by atoms with Gasteiger partial charge in [0.15, 0.2) is 5.65 Å². The number of rotatable bonds is 6. The molecule has 8 heteroatoms. The Balaban J connectivity index is 1.74. The van der Waals surface area contributed by atoms with E-state index in [2.05, 4.69) is 15.5 Å². The second-order valence-corrected chi connectivity index (χ2v) is 5.74. The fourth-order valence-corrected chi connectivity index (χ4v) is 2.68. The third kappa shape index (κ3) is 3.78. The van der Waals surface area contributed by atoms with E-state index in [0.717, 1.165) is 10.5 Å². The zero-order valence-corrected chi connectivity index (χ0v) is 13.6. The highest BCUT2D eigenvalue weighted by Gasteiger charge is 2.29. The summed E-state index contributed by atoms with van der Waals surface area (Å²) in [5, 5.41) is 11.0. The summed E-state index contributed by atoms with van der Waals surface area (Å²) < 4.78 is 28.4. The second-order valence-electron chi connectivity index (χ2n) is 5.74. The molecule has 25 heavy (non-hydrogen) atoms. The first-order valence-corrected chi connectivity index (χ1v) is 7.83. The summed E-state index contributed by atoms with van der Waals surface area (Å²) in [7, 11) is 1.40. The largest absolute Gasteiger partial charge is 0.333 e. The number of pyridine rings is 1. The molecule has 130 valence electrons. The molecule has 1 aromatic carbocycles. The fourth-order valence-electron chi connectivity index (χ4n) is 2.68. The first kappa shape index (κ1) is 16.9. The molecule has 3 aromatic rings. The van der Waals surface area contributed by atoms with Crippen LogP contribution in [0.4, 0.5) is 8.78 Å². The normalized spacial score (nSPS) is 12.5. The Morgan fingerprint density at radius 1 is 1.24 bits per heavy atom. The van der Waals surface area contributed by atoms with Crippen molar-refractivity contribution in [2.24, 2.45) is 0 Å². The number of alkyl halides is 2. The minimum absolute atomic E-state index is 0.179. The summed E-state index contributed by atoms with van der Waals surface area (Å²) in [4.78, 5) is 13.7. The quantitative estimate of drug-likeness (QED) is 0.688. The van der Waals surface area contributed by atoms with E-state index in [9.17, 15) is 13.6 Å². The summed E-state index contributed by atoms with van der Waals surface area (Å²) >= 11 is 0. The van der Waals surface area contributed by atoms with Crippen LogP contribution in [0, 0.1) is 0 Å². The van der Waals surface area contributed by atoms with Crippen LogP contribution >= 0.6 is 0 Å². The number of carbonyl (C=O) groups is 1. The van der Waals surface area contributed by atoms with E-state index in [1.165, 1.54) is 29.9 Å². The molecule has 1 atom stereocenters. The van der Waals surface area contributed by atoms with E-state index in [1.54, 1.807) is 0 Å². The molecule has 0 saturated heterocycles. The van der Waals surface area contributed by atoms with Crippen LogP contribution in [-0.4, -0.2) is 50.4 Å². The standard InChI is InChI=1S/C17H17F2N5O/c1-23(14(16(18)19)8-7-12-5-3-2-4-6-12)17(25)13-9-10-24-15(11-13)20-21-22-24/h2-6,9-11,14,16H,7-8H2,1H3. The molecule has 0 aliphatic heterocycles. The number of tetrazole rings is 1. The van der Waals surface area contributed by atoms with Gasteiger partial charge in [-0.05, 0) is 41.0 Å². The number of benzene rings is 1. The Kier molecular flexibility index (Phi) is 4.97. The molecular formula is C17H17F2N5O. The first-order chi connectivity index (χ1) is 12.1. The maximum Gasteiger partial charge on any atom is 0.258 e. The number of hydrogen-bond donors (Lipinski definition) is 0. The molecule has 2 heterocycles. The molecule has 0 fully saturated rings. The lowest BCUT2D eigenvalue weighted by molar-refractivity contribution is 0.0273. The van der Waals surface area contributed by atoms with Crippen LogP contribution in [0.2, 0.25) is 0 Å². The van der Waals surface area contributed by atoms with Gasteiger partial charge in [-0.1, -0.05) is 30.3 Å². The Labute approximate surface area is 143 Å². The SMILES string of the molecule is CN(C(=O)c1ccn2nnnc2c1)C(CCc1ccccc1)C(F)F. The Morgan fingerprint density at radius 3 is 2.72 bits per heavy atom. The van der Waals surface area contributed by atoms with Gasteiger partial charge in [0.1, 0.15) is 0 Å². The average molecular weight is 345 g/mol. The van der Waals surface area contributed by atoms with Crippen molar-refractivity contribution in [2.75, 3.05) is 7.05 Å². The lowest BCUT2D eigenvalue weighted by atomic mass is 10.0. The van der Waals surface area contributed by atoms with Gasteiger partial charge in [0.05, 0.1) is 6.04 Å². The fraction of sp³-hybridized carbons (Fsp3) is 0.294. The molecule has 0 radical (unpaired) electrons. The highest BCUT2D eigenvalue weighted by Crippen LogP contribution is 2.18. The molecule has 6 nitrogen and oxygen atoms in total.